The molecule has 0 aromatic carbocycles. The predicted molar refractivity (Wildman–Crippen MR) is 42.8 cm³/mol. The van der Waals surface area contributed by atoms with Crippen LogP contribution in [-0.2, 0) is 4.79 Å². The first-order valence-corrected chi connectivity index (χ1v) is 3.96. The average Bonchev–Trinajstić information content (AvgIpc) is 2.19. The van der Waals surface area contributed by atoms with Gasteiger partial charge in [-0.05, 0) is 6.42 Å². The van der Waals surface area contributed by atoms with Crippen LogP contribution in [0.1, 0.15) is 33.1 Å². The molecule has 0 N–H and O–H groups in total. The summed E-state index contributed by atoms with van der Waals surface area (Å²) in [6, 6.07) is 0. The fourth-order valence-corrected chi connectivity index (χ4v) is 0.783. The van der Waals surface area contributed by atoms with E-state index in [1.165, 1.54) is 6.42 Å². The highest BCUT2D eigenvalue weighted by molar-refractivity contribution is 5.77. The van der Waals surface area contributed by atoms with Crippen molar-refractivity contribution in [1.29, 1.82) is 0 Å². The highest BCUT2D eigenvalue weighted by Gasteiger charge is 2.14. The van der Waals surface area contributed by atoms with Gasteiger partial charge in [-0.3, -0.25) is 4.79 Å². The molecule has 1 fully saturated rings. The SMILES string of the molecule is CCC.CN1CCCC1=O. The summed E-state index contributed by atoms with van der Waals surface area (Å²) in [5.74, 6) is 0.292. The maximum absolute atomic E-state index is 10.5. The van der Waals surface area contributed by atoms with E-state index in [4.69, 9.17) is 0 Å². The third-order valence-corrected chi connectivity index (χ3v) is 1.31. The summed E-state index contributed by atoms with van der Waals surface area (Å²) < 4.78 is 0. The lowest BCUT2D eigenvalue weighted by Gasteiger charge is -2.03. The molecular weight excluding hydrogens is 126 g/mol. The van der Waals surface area contributed by atoms with Crippen LogP contribution < -0.4 is 0 Å². The number of carbonyl (C=O) groups excluding carboxylic acids is 1. The minimum atomic E-state index is 0.292. The smallest absolute Gasteiger partial charge is 0.222 e. The van der Waals surface area contributed by atoms with Gasteiger partial charge in [0, 0.05) is 20.0 Å². The molecule has 1 amide bonds. The number of nitrogens with zero attached hydrogens (tertiary/aromatic N) is 1. The summed E-state index contributed by atoms with van der Waals surface area (Å²) >= 11 is 0. The van der Waals surface area contributed by atoms with Crippen molar-refractivity contribution in [3.8, 4) is 0 Å². The Balaban J connectivity index is 0.000000236. The van der Waals surface area contributed by atoms with Crippen LogP contribution in [0.2, 0.25) is 0 Å². The molecule has 0 aromatic heterocycles. The van der Waals surface area contributed by atoms with Crippen LogP contribution in [0.25, 0.3) is 0 Å². The summed E-state index contributed by atoms with van der Waals surface area (Å²) in [5, 5.41) is 0. The van der Waals surface area contributed by atoms with Gasteiger partial charge in [0.1, 0.15) is 0 Å². The Bertz CT molecular complexity index is 101. The van der Waals surface area contributed by atoms with Crippen molar-refractivity contribution in [3.63, 3.8) is 0 Å². The molecule has 0 saturated carbocycles. The normalized spacial score (nSPS) is 16.7. The molecule has 0 unspecified atom stereocenters. The molecule has 1 aliphatic heterocycles. The van der Waals surface area contributed by atoms with Gasteiger partial charge < -0.3 is 4.90 Å². The van der Waals surface area contributed by atoms with Crippen LogP contribution >= 0.6 is 0 Å². The zero-order valence-corrected chi connectivity index (χ0v) is 7.18. The van der Waals surface area contributed by atoms with E-state index in [1.807, 2.05) is 7.05 Å². The minimum Gasteiger partial charge on any atom is -0.346 e. The standard InChI is InChI=1S/C5H9NO.C3H8/c1-6-4-2-3-5(6)7;1-3-2/h2-4H2,1H3;3H2,1-2H3. The predicted octanol–water partition coefficient (Wildman–Crippen LogP) is 1.65. The maximum atomic E-state index is 10.5. The molecule has 1 saturated heterocycles. The molecule has 0 bridgehead atoms. The Labute approximate surface area is 63.2 Å². The molecule has 0 aromatic rings. The highest BCUT2D eigenvalue weighted by Crippen LogP contribution is 2.04. The van der Waals surface area contributed by atoms with E-state index in [9.17, 15) is 4.79 Å². The Morgan fingerprint density at radius 1 is 1.50 bits per heavy atom. The summed E-state index contributed by atoms with van der Waals surface area (Å²) in [6.45, 7) is 5.21. The lowest BCUT2D eigenvalue weighted by molar-refractivity contribution is -0.126. The van der Waals surface area contributed by atoms with Gasteiger partial charge in [0.15, 0.2) is 0 Å². The van der Waals surface area contributed by atoms with Gasteiger partial charge in [-0.2, -0.15) is 0 Å². The van der Waals surface area contributed by atoms with E-state index in [-0.39, 0.29) is 0 Å². The van der Waals surface area contributed by atoms with Gasteiger partial charge in [-0.25, -0.2) is 0 Å². The van der Waals surface area contributed by atoms with Crippen LogP contribution in [0.4, 0.5) is 0 Å². The topological polar surface area (TPSA) is 20.3 Å². The zero-order chi connectivity index (χ0) is 7.98. The lowest BCUT2D eigenvalue weighted by atomic mass is 10.4. The second-order valence-electron chi connectivity index (χ2n) is 2.63. The summed E-state index contributed by atoms with van der Waals surface area (Å²) in [6.07, 6.45) is 3.06. The van der Waals surface area contributed by atoms with Crippen LogP contribution in [0, 0.1) is 0 Å². The van der Waals surface area contributed by atoms with E-state index in [1.54, 1.807) is 4.90 Å². The second-order valence-corrected chi connectivity index (χ2v) is 2.63. The van der Waals surface area contributed by atoms with Gasteiger partial charge in [0.05, 0.1) is 0 Å². The summed E-state index contributed by atoms with van der Waals surface area (Å²) in [5.41, 5.74) is 0. The van der Waals surface area contributed by atoms with Gasteiger partial charge in [0.25, 0.3) is 0 Å². The van der Waals surface area contributed by atoms with E-state index < -0.39 is 0 Å². The molecule has 60 valence electrons. The molecular formula is C8H17NO. The maximum Gasteiger partial charge on any atom is 0.222 e. The summed E-state index contributed by atoms with van der Waals surface area (Å²) in [4.78, 5) is 12.3. The fourth-order valence-electron chi connectivity index (χ4n) is 0.783. The first-order chi connectivity index (χ1) is 4.72. The number of hydrogen-bond acceptors (Lipinski definition) is 1. The van der Waals surface area contributed by atoms with Gasteiger partial charge in [-0.1, -0.05) is 20.3 Å². The van der Waals surface area contributed by atoms with Crippen LogP contribution in [0.5, 0.6) is 0 Å². The average molecular weight is 143 g/mol. The molecule has 1 aliphatic rings. The van der Waals surface area contributed by atoms with Crippen LogP contribution in [0.15, 0.2) is 0 Å². The third kappa shape index (κ3) is 3.49. The number of amides is 1. The Morgan fingerprint density at radius 2 is 2.00 bits per heavy atom. The van der Waals surface area contributed by atoms with Crippen LogP contribution in [-0.4, -0.2) is 24.4 Å². The molecule has 1 rings (SSSR count). The second kappa shape index (κ2) is 5.27. The van der Waals surface area contributed by atoms with Crippen molar-refractivity contribution in [1.82, 2.24) is 4.90 Å². The van der Waals surface area contributed by atoms with Crippen molar-refractivity contribution >= 4 is 5.91 Å². The molecule has 0 spiro atoms. The molecule has 1 heterocycles. The lowest BCUT2D eigenvalue weighted by Crippen LogP contribution is -2.17. The Kier molecular flexibility index (Phi) is 4.99. The third-order valence-electron chi connectivity index (χ3n) is 1.31. The van der Waals surface area contributed by atoms with Crippen molar-refractivity contribution in [3.05, 3.63) is 0 Å². The molecule has 0 atom stereocenters. The minimum absolute atomic E-state index is 0.292. The number of rotatable bonds is 0. The van der Waals surface area contributed by atoms with E-state index in [2.05, 4.69) is 13.8 Å². The zero-order valence-electron chi connectivity index (χ0n) is 7.18. The molecule has 2 nitrogen and oxygen atoms in total. The highest BCUT2D eigenvalue weighted by atomic mass is 16.2. The Hall–Kier alpha value is -0.530. The van der Waals surface area contributed by atoms with E-state index in [0.717, 1.165) is 19.4 Å². The molecule has 10 heavy (non-hydrogen) atoms. The first-order valence-electron chi connectivity index (χ1n) is 3.96. The monoisotopic (exact) mass is 143 g/mol. The van der Waals surface area contributed by atoms with Crippen molar-refractivity contribution in [2.24, 2.45) is 0 Å². The van der Waals surface area contributed by atoms with Crippen LogP contribution in [0.3, 0.4) is 0 Å². The van der Waals surface area contributed by atoms with Gasteiger partial charge >= 0.3 is 0 Å². The molecule has 2 heteroatoms. The summed E-state index contributed by atoms with van der Waals surface area (Å²) in [7, 11) is 1.84. The fraction of sp³-hybridized carbons (Fsp3) is 0.875. The Morgan fingerprint density at radius 3 is 2.10 bits per heavy atom. The van der Waals surface area contributed by atoms with Crippen molar-refractivity contribution in [2.75, 3.05) is 13.6 Å². The van der Waals surface area contributed by atoms with E-state index in [0.29, 0.717) is 5.91 Å². The number of hydrogen-bond donors (Lipinski definition) is 0. The van der Waals surface area contributed by atoms with Crippen molar-refractivity contribution < 1.29 is 4.79 Å². The van der Waals surface area contributed by atoms with Gasteiger partial charge in [-0.15, -0.1) is 0 Å². The first kappa shape index (κ1) is 9.47. The van der Waals surface area contributed by atoms with Gasteiger partial charge in [0.2, 0.25) is 5.91 Å². The van der Waals surface area contributed by atoms with Crippen molar-refractivity contribution in [2.45, 2.75) is 33.1 Å². The molecule has 0 radical (unpaired) electrons. The number of carbonyl (C=O) groups is 1. The largest absolute Gasteiger partial charge is 0.346 e. The number of likely N-dealkylation sites (tertiary alicyclic amines) is 1. The van der Waals surface area contributed by atoms with E-state index >= 15 is 0 Å². The quantitative estimate of drug-likeness (QED) is 0.505. The molecule has 0 aliphatic carbocycles.